The fourth-order valence-electron chi connectivity index (χ4n) is 5.53. The van der Waals surface area contributed by atoms with Gasteiger partial charge in [0.25, 0.3) is 17.8 Å². The third kappa shape index (κ3) is 5.59. The van der Waals surface area contributed by atoms with Gasteiger partial charge in [0.05, 0.1) is 0 Å². The number of nitrogens with zero attached hydrogens (tertiary/aromatic N) is 4. The second kappa shape index (κ2) is 10.7. The van der Waals surface area contributed by atoms with Crippen LogP contribution >= 0.6 is 0 Å². The minimum atomic E-state index is -0.317. The van der Waals surface area contributed by atoms with Crippen LogP contribution in [-0.4, -0.2) is 43.4 Å². The number of H-pyrrole nitrogens is 1. The van der Waals surface area contributed by atoms with Crippen LogP contribution in [0.2, 0.25) is 0 Å². The van der Waals surface area contributed by atoms with Crippen molar-refractivity contribution < 1.29 is 9.59 Å². The number of rotatable bonds is 6. The maximum absolute atomic E-state index is 14.1. The molecule has 0 saturated heterocycles. The summed E-state index contributed by atoms with van der Waals surface area (Å²) in [4.78, 5) is 28.7. The fraction of sp³-hybridized carbons (Fsp3) is 0.367. The predicted octanol–water partition coefficient (Wildman–Crippen LogP) is 5.85. The molecule has 0 spiro atoms. The van der Waals surface area contributed by atoms with E-state index in [4.69, 9.17) is 0 Å². The second-order valence-electron chi connectivity index (χ2n) is 11.2. The first kappa shape index (κ1) is 25.6. The van der Waals surface area contributed by atoms with Gasteiger partial charge in [0.2, 0.25) is 0 Å². The van der Waals surface area contributed by atoms with Crippen LogP contribution in [0.5, 0.6) is 0 Å². The standard InChI is InChI=1S/C30H34N6O2/c1-30(2,3)23-15-17-24(18-16-23)36(28(38)26-10-6-8-21-7-4-5-9-25(21)26)19-20-11-13-22(14-12-20)27(37)31-29-32-34-35-33-29/h4-14,23-24H,15-19H2,1-3H3,(H2,31,32,33,34,35,37). The third-order valence-corrected chi connectivity index (χ3v) is 7.78. The smallest absolute Gasteiger partial charge is 0.270 e. The van der Waals surface area contributed by atoms with Gasteiger partial charge in [0.15, 0.2) is 0 Å². The molecule has 4 aromatic rings. The van der Waals surface area contributed by atoms with Crippen LogP contribution in [0.1, 0.15) is 72.7 Å². The quantitative estimate of drug-likeness (QED) is 0.338. The van der Waals surface area contributed by atoms with Crippen molar-refractivity contribution in [3.63, 3.8) is 0 Å². The summed E-state index contributed by atoms with van der Waals surface area (Å²) in [6, 6.07) is 21.5. The molecule has 0 bridgehead atoms. The summed E-state index contributed by atoms with van der Waals surface area (Å²) < 4.78 is 0. The van der Waals surface area contributed by atoms with Crippen molar-refractivity contribution in [2.75, 3.05) is 5.32 Å². The molecule has 1 fully saturated rings. The molecule has 196 valence electrons. The molecule has 1 heterocycles. The summed E-state index contributed by atoms with van der Waals surface area (Å²) in [5.74, 6) is 0.518. The Bertz CT molecular complexity index is 1400. The molecule has 1 aromatic heterocycles. The van der Waals surface area contributed by atoms with Crippen LogP contribution in [0.25, 0.3) is 10.8 Å². The second-order valence-corrected chi connectivity index (χ2v) is 11.2. The normalized spacial score (nSPS) is 17.8. The van der Waals surface area contributed by atoms with Crippen molar-refractivity contribution in [3.8, 4) is 0 Å². The number of aromatic amines is 1. The zero-order valence-electron chi connectivity index (χ0n) is 22.1. The Kier molecular flexibility index (Phi) is 7.22. The molecular weight excluding hydrogens is 476 g/mol. The number of anilines is 1. The largest absolute Gasteiger partial charge is 0.331 e. The average molecular weight is 511 g/mol. The number of amides is 2. The molecule has 1 aliphatic carbocycles. The van der Waals surface area contributed by atoms with E-state index in [1.807, 2.05) is 54.6 Å². The van der Waals surface area contributed by atoms with Gasteiger partial charge < -0.3 is 4.90 Å². The van der Waals surface area contributed by atoms with E-state index in [0.717, 1.165) is 47.6 Å². The van der Waals surface area contributed by atoms with Gasteiger partial charge >= 0.3 is 0 Å². The van der Waals surface area contributed by atoms with Crippen molar-refractivity contribution in [2.24, 2.45) is 11.3 Å². The highest BCUT2D eigenvalue weighted by molar-refractivity contribution is 6.07. The van der Waals surface area contributed by atoms with Crippen molar-refractivity contribution in [1.82, 2.24) is 25.5 Å². The zero-order chi connectivity index (χ0) is 26.7. The molecule has 8 heteroatoms. The lowest BCUT2D eigenvalue weighted by molar-refractivity contribution is 0.0532. The average Bonchev–Trinajstić information content (AvgIpc) is 3.44. The number of nitrogens with one attached hydrogen (secondary N) is 2. The van der Waals surface area contributed by atoms with Crippen LogP contribution in [0, 0.1) is 11.3 Å². The summed E-state index contributed by atoms with van der Waals surface area (Å²) in [5.41, 5.74) is 2.47. The molecule has 0 unspecified atom stereocenters. The topological polar surface area (TPSA) is 104 Å². The summed E-state index contributed by atoms with van der Waals surface area (Å²) in [7, 11) is 0. The van der Waals surface area contributed by atoms with Crippen molar-refractivity contribution in [2.45, 2.75) is 59.0 Å². The van der Waals surface area contributed by atoms with E-state index in [9.17, 15) is 9.59 Å². The molecule has 0 aliphatic heterocycles. The minimum Gasteiger partial charge on any atom is -0.331 e. The van der Waals surface area contributed by atoms with Gasteiger partial charge in [-0.05, 0) is 76.8 Å². The Labute approximate surface area is 222 Å². The summed E-state index contributed by atoms with van der Waals surface area (Å²) in [6.45, 7) is 7.42. The van der Waals surface area contributed by atoms with Crippen LogP contribution in [-0.2, 0) is 6.54 Å². The van der Waals surface area contributed by atoms with Gasteiger partial charge in [-0.3, -0.25) is 14.9 Å². The SMILES string of the molecule is CC(C)(C)C1CCC(N(Cc2ccc(C(=O)Nc3nn[nH]n3)cc2)C(=O)c2cccc3ccccc23)CC1. The summed E-state index contributed by atoms with van der Waals surface area (Å²) in [6.07, 6.45) is 4.21. The predicted molar refractivity (Wildman–Crippen MR) is 148 cm³/mol. The van der Waals surface area contributed by atoms with E-state index in [0.29, 0.717) is 18.0 Å². The highest BCUT2D eigenvalue weighted by atomic mass is 16.2. The van der Waals surface area contributed by atoms with Crippen LogP contribution < -0.4 is 5.32 Å². The maximum atomic E-state index is 14.1. The van der Waals surface area contributed by atoms with Crippen molar-refractivity contribution in [3.05, 3.63) is 83.4 Å². The molecule has 38 heavy (non-hydrogen) atoms. The van der Waals surface area contributed by atoms with E-state index in [2.05, 4.69) is 51.6 Å². The lowest BCUT2D eigenvalue weighted by Gasteiger charge is -2.41. The van der Waals surface area contributed by atoms with E-state index < -0.39 is 0 Å². The van der Waals surface area contributed by atoms with Crippen molar-refractivity contribution >= 4 is 28.5 Å². The zero-order valence-corrected chi connectivity index (χ0v) is 22.1. The first-order chi connectivity index (χ1) is 18.3. The van der Waals surface area contributed by atoms with E-state index >= 15 is 0 Å². The Hall–Kier alpha value is -4.07. The van der Waals surface area contributed by atoms with E-state index in [1.54, 1.807) is 12.1 Å². The molecule has 1 aliphatic rings. The van der Waals surface area contributed by atoms with E-state index in [-0.39, 0.29) is 29.2 Å². The highest BCUT2D eigenvalue weighted by Gasteiger charge is 2.34. The summed E-state index contributed by atoms with van der Waals surface area (Å²) >= 11 is 0. The van der Waals surface area contributed by atoms with Gasteiger partial charge in [0, 0.05) is 23.7 Å². The van der Waals surface area contributed by atoms with Crippen molar-refractivity contribution in [1.29, 1.82) is 0 Å². The Morgan fingerprint density at radius 1 is 0.947 bits per heavy atom. The van der Waals surface area contributed by atoms with Gasteiger partial charge in [-0.2, -0.15) is 5.21 Å². The molecule has 8 nitrogen and oxygen atoms in total. The van der Waals surface area contributed by atoms with Crippen LogP contribution in [0.4, 0.5) is 5.95 Å². The number of hydrogen-bond acceptors (Lipinski definition) is 5. The Balaban J connectivity index is 1.39. The first-order valence-electron chi connectivity index (χ1n) is 13.2. The lowest BCUT2D eigenvalue weighted by atomic mass is 9.71. The molecule has 1 saturated carbocycles. The molecule has 2 N–H and O–H groups in total. The molecule has 2 amide bonds. The number of carbonyl (C=O) groups is 2. The number of hydrogen-bond donors (Lipinski definition) is 2. The van der Waals surface area contributed by atoms with Gasteiger partial charge in [-0.25, -0.2) is 0 Å². The monoisotopic (exact) mass is 510 g/mol. The van der Waals surface area contributed by atoms with Gasteiger partial charge in [0.1, 0.15) is 0 Å². The number of aromatic nitrogens is 4. The highest BCUT2D eigenvalue weighted by Crippen LogP contribution is 2.39. The summed E-state index contributed by atoms with van der Waals surface area (Å²) in [5, 5.41) is 17.9. The van der Waals surface area contributed by atoms with Gasteiger partial charge in [-0.1, -0.05) is 74.4 Å². The molecule has 5 rings (SSSR count). The minimum absolute atomic E-state index is 0.0555. The number of tetrazole rings is 1. The number of carbonyl (C=O) groups excluding carboxylic acids is 2. The lowest BCUT2D eigenvalue weighted by Crippen LogP contribution is -2.43. The number of fused-ring (bicyclic) bond motifs is 1. The molecule has 3 aromatic carbocycles. The molecular formula is C30H34N6O2. The maximum Gasteiger partial charge on any atom is 0.270 e. The Morgan fingerprint density at radius 2 is 1.66 bits per heavy atom. The van der Waals surface area contributed by atoms with Crippen LogP contribution in [0.15, 0.2) is 66.7 Å². The first-order valence-corrected chi connectivity index (χ1v) is 13.2. The third-order valence-electron chi connectivity index (χ3n) is 7.78. The molecule has 0 atom stereocenters. The van der Waals surface area contributed by atoms with E-state index in [1.165, 1.54) is 0 Å². The Morgan fingerprint density at radius 3 is 2.34 bits per heavy atom. The fourth-order valence-corrected chi connectivity index (χ4v) is 5.53. The van der Waals surface area contributed by atoms with Gasteiger partial charge in [-0.15, -0.1) is 5.10 Å². The molecule has 0 radical (unpaired) electrons. The number of benzene rings is 3. The van der Waals surface area contributed by atoms with Crippen LogP contribution in [0.3, 0.4) is 0 Å².